The van der Waals surface area contributed by atoms with E-state index < -0.39 is 0 Å². The zero-order chi connectivity index (χ0) is 8.60. The first-order chi connectivity index (χ1) is 5.71. The normalized spacial score (nSPS) is 41.8. The molecule has 2 nitrogen and oxygen atoms in total. The summed E-state index contributed by atoms with van der Waals surface area (Å²) in [4.78, 5) is 11.2. The Kier molecular flexibility index (Phi) is 1.85. The summed E-state index contributed by atoms with van der Waals surface area (Å²) >= 11 is 0. The molecule has 0 radical (unpaired) electrons. The highest BCUT2D eigenvalue weighted by molar-refractivity contribution is 5.77. The van der Waals surface area contributed by atoms with E-state index in [0.29, 0.717) is 0 Å². The Balaban J connectivity index is 2.12. The van der Waals surface area contributed by atoms with Gasteiger partial charge in [-0.15, -0.1) is 0 Å². The minimum atomic E-state index is 0.146. The predicted molar refractivity (Wildman–Crippen MR) is 47.7 cm³/mol. The van der Waals surface area contributed by atoms with Crippen molar-refractivity contribution >= 4 is 5.91 Å². The molecule has 2 unspecified atom stereocenters. The molecular formula is C10H17NO. The summed E-state index contributed by atoms with van der Waals surface area (Å²) in [6.45, 7) is 2.22. The van der Waals surface area contributed by atoms with Crippen LogP contribution in [0.25, 0.3) is 0 Å². The average molecular weight is 167 g/mol. The van der Waals surface area contributed by atoms with Crippen molar-refractivity contribution < 1.29 is 4.79 Å². The van der Waals surface area contributed by atoms with Crippen molar-refractivity contribution in [2.75, 3.05) is 0 Å². The Hall–Kier alpha value is -0.530. The number of hydrogen-bond acceptors (Lipinski definition) is 1. The summed E-state index contributed by atoms with van der Waals surface area (Å²) in [6.07, 6.45) is 7.01. The number of carbonyl (C=O) groups excluding carboxylic acids is 1. The minimum Gasteiger partial charge on any atom is -0.351 e. The first-order valence-electron chi connectivity index (χ1n) is 5.02. The molecule has 1 saturated heterocycles. The lowest BCUT2D eigenvalue weighted by Crippen LogP contribution is -2.56. The van der Waals surface area contributed by atoms with Gasteiger partial charge in [-0.25, -0.2) is 0 Å². The number of hydrogen-bond donors (Lipinski definition) is 1. The van der Waals surface area contributed by atoms with Crippen molar-refractivity contribution in [3.63, 3.8) is 0 Å². The quantitative estimate of drug-likeness (QED) is 0.586. The minimum absolute atomic E-state index is 0.146. The maximum absolute atomic E-state index is 11.2. The van der Waals surface area contributed by atoms with Gasteiger partial charge in [0.2, 0.25) is 5.91 Å². The van der Waals surface area contributed by atoms with E-state index in [1.165, 1.54) is 25.7 Å². The lowest BCUT2D eigenvalue weighted by molar-refractivity contribution is -0.127. The number of fused-ring (bicyclic) bond motifs is 1. The fourth-order valence-electron chi connectivity index (χ4n) is 2.72. The summed E-state index contributed by atoms with van der Waals surface area (Å²) in [7, 11) is 0. The Bertz CT molecular complexity index is 202. The Morgan fingerprint density at radius 3 is 3.08 bits per heavy atom. The number of nitrogens with one attached hydrogen (secondary N) is 1. The third-order valence-corrected chi connectivity index (χ3v) is 3.54. The first kappa shape index (κ1) is 8.09. The van der Waals surface area contributed by atoms with Crippen LogP contribution in [0.2, 0.25) is 0 Å². The lowest BCUT2D eigenvalue weighted by Gasteiger charge is -2.45. The van der Waals surface area contributed by atoms with E-state index in [4.69, 9.17) is 0 Å². The summed E-state index contributed by atoms with van der Waals surface area (Å²) in [6, 6.07) is 0. The van der Waals surface area contributed by atoms with E-state index >= 15 is 0 Å². The Morgan fingerprint density at radius 2 is 2.25 bits per heavy atom. The van der Waals surface area contributed by atoms with Gasteiger partial charge >= 0.3 is 0 Å². The van der Waals surface area contributed by atoms with E-state index in [1.54, 1.807) is 0 Å². The van der Waals surface area contributed by atoms with Crippen LogP contribution in [0.4, 0.5) is 0 Å². The highest BCUT2D eigenvalue weighted by Gasteiger charge is 2.40. The van der Waals surface area contributed by atoms with Crippen LogP contribution in [-0.4, -0.2) is 11.4 Å². The van der Waals surface area contributed by atoms with E-state index in [1.807, 2.05) is 0 Å². The molecule has 0 spiro atoms. The van der Waals surface area contributed by atoms with Crippen LogP contribution in [0.3, 0.4) is 0 Å². The zero-order valence-corrected chi connectivity index (χ0v) is 7.73. The molecule has 0 aromatic rings. The van der Waals surface area contributed by atoms with Gasteiger partial charge in [-0.3, -0.25) is 4.79 Å². The molecule has 2 rings (SSSR count). The van der Waals surface area contributed by atoms with Gasteiger partial charge in [0, 0.05) is 12.0 Å². The van der Waals surface area contributed by atoms with Crippen molar-refractivity contribution in [2.24, 2.45) is 5.92 Å². The smallest absolute Gasteiger partial charge is 0.220 e. The molecule has 1 amide bonds. The SMILES string of the molecule is CC12CCCCC1CCC(=O)N2. The summed E-state index contributed by atoms with van der Waals surface area (Å²) in [5.41, 5.74) is 0.146. The maximum Gasteiger partial charge on any atom is 0.220 e. The number of carbonyl (C=O) groups is 1. The number of amides is 1. The third-order valence-electron chi connectivity index (χ3n) is 3.54. The second-order valence-corrected chi connectivity index (χ2v) is 4.45. The molecule has 12 heavy (non-hydrogen) atoms. The molecule has 2 heteroatoms. The topological polar surface area (TPSA) is 29.1 Å². The maximum atomic E-state index is 11.2. The Morgan fingerprint density at radius 1 is 1.42 bits per heavy atom. The van der Waals surface area contributed by atoms with Crippen molar-refractivity contribution in [2.45, 2.75) is 51.0 Å². The van der Waals surface area contributed by atoms with Crippen LogP contribution >= 0.6 is 0 Å². The molecular weight excluding hydrogens is 150 g/mol. The molecule has 1 aliphatic carbocycles. The van der Waals surface area contributed by atoms with Gasteiger partial charge in [-0.2, -0.15) is 0 Å². The van der Waals surface area contributed by atoms with Crippen LogP contribution in [-0.2, 0) is 4.79 Å². The van der Waals surface area contributed by atoms with Crippen LogP contribution < -0.4 is 5.32 Å². The first-order valence-corrected chi connectivity index (χ1v) is 5.02. The molecule has 0 aromatic carbocycles. The molecule has 0 bridgehead atoms. The predicted octanol–water partition coefficient (Wildman–Crippen LogP) is 1.85. The van der Waals surface area contributed by atoms with Gasteiger partial charge in [0.1, 0.15) is 0 Å². The fraction of sp³-hybridized carbons (Fsp3) is 0.900. The van der Waals surface area contributed by atoms with Crippen molar-refractivity contribution in [3.8, 4) is 0 Å². The summed E-state index contributed by atoms with van der Waals surface area (Å²) in [5, 5.41) is 3.16. The van der Waals surface area contributed by atoms with E-state index in [0.717, 1.165) is 18.8 Å². The molecule has 1 aliphatic heterocycles. The highest BCUT2D eigenvalue weighted by Crippen LogP contribution is 2.38. The highest BCUT2D eigenvalue weighted by atomic mass is 16.1. The second-order valence-electron chi connectivity index (χ2n) is 4.45. The molecule has 0 aromatic heterocycles. The van der Waals surface area contributed by atoms with Gasteiger partial charge in [-0.05, 0) is 32.1 Å². The van der Waals surface area contributed by atoms with Crippen LogP contribution in [0.15, 0.2) is 0 Å². The van der Waals surface area contributed by atoms with Gasteiger partial charge in [-0.1, -0.05) is 12.8 Å². The fourth-order valence-corrected chi connectivity index (χ4v) is 2.72. The molecule has 2 atom stereocenters. The van der Waals surface area contributed by atoms with E-state index in [-0.39, 0.29) is 11.4 Å². The molecule has 1 saturated carbocycles. The van der Waals surface area contributed by atoms with Crippen molar-refractivity contribution in [3.05, 3.63) is 0 Å². The summed E-state index contributed by atoms with van der Waals surface area (Å²) in [5.74, 6) is 1.01. The standard InChI is InChI=1S/C10H17NO/c1-10-7-3-2-4-8(10)5-6-9(12)11-10/h8H,2-7H2,1H3,(H,11,12). The van der Waals surface area contributed by atoms with Crippen molar-refractivity contribution in [1.29, 1.82) is 0 Å². The second kappa shape index (κ2) is 2.75. The molecule has 2 fully saturated rings. The van der Waals surface area contributed by atoms with Gasteiger partial charge in [0.05, 0.1) is 0 Å². The van der Waals surface area contributed by atoms with Crippen LogP contribution in [0.5, 0.6) is 0 Å². The monoisotopic (exact) mass is 167 g/mol. The van der Waals surface area contributed by atoms with Crippen LogP contribution in [0.1, 0.15) is 45.4 Å². The van der Waals surface area contributed by atoms with Gasteiger partial charge in [0.15, 0.2) is 0 Å². The van der Waals surface area contributed by atoms with Crippen LogP contribution in [0, 0.1) is 5.92 Å². The average Bonchev–Trinajstić information content (AvgIpc) is 2.02. The van der Waals surface area contributed by atoms with E-state index in [2.05, 4.69) is 12.2 Å². The van der Waals surface area contributed by atoms with E-state index in [9.17, 15) is 4.79 Å². The molecule has 68 valence electrons. The molecule has 1 N–H and O–H groups in total. The lowest BCUT2D eigenvalue weighted by atomic mass is 9.70. The Labute approximate surface area is 73.7 Å². The van der Waals surface area contributed by atoms with Crippen molar-refractivity contribution in [1.82, 2.24) is 5.32 Å². The number of piperidine rings is 1. The van der Waals surface area contributed by atoms with Gasteiger partial charge in [0.25, 0.3) is 0 Å². The largest absolute Gasteiger partial charge is 0.351 e. The number of rotatable bonds is 0. The molecule has 1 heterocycles. The molecule has 2 aliphatic rings. The zero-order valence-electron chi connectivity index (χ0n) is 7.73. The summed E-state index contributed by atoms with van der Waals surface area (Å²) < 4.78 is 0. The van der Waals surface area contributed by atoms with Gasteiger partial charge < -0.3 is 5.32 Å². The third kappa shape index (κ3) is 1.23.